The number of phenols is 1. The minimum absolute atomic E-state index is 0.0143. The van der Waals surface area contributed by atoms with Gasteiger partial charge in [-0.15, -0.1) is 0 Å². The van der Waals surface area contributed by atoms with Gasteiger partial charge >= 0.3 is 0 Å². The second-order valence-corrected chi connectivity index (χ2v) is 11.4. The van der Waals surface area contributed by atoms with Gasteiger partial charge in [-0.05, 0) is 90.4 Å². The average molecular weight is 480 g/mol. The molecule has 0 spiro atoms. The molecule has 2 heterocycles. The normalized spacial score (nSPS) is 26.5. The standard InChI is InChI=1S/C30H42FN3O/c1-20(2)25(17-32-22(4)29-14-23-9-10-28(35)13-24(23)16-33-29)19-34-12-11-30(5,21(3)18-34)26-7-6-8-27(31)15-26/h6-10,13,15,20-21,25,29,33,35H,11-12,14,16-19H2,1-5H3. The largest absolute Gasteiger partial charge is 0.508 e. The lowest BCUT2D eigenvalue weighted by Crippen LogP contribution is -2.49. The second-order valence-electron chi connectivity index (χ2n) is 11.4. The summed E-state index contributed by atoms with van der Waals surface area (Å²) in [5.74, 6) is 1.71. The number of likely N-dealkylation sites (tertiary alicyclic amines) is 1. The molecular weight excluding hydrogens is 437 g/mol. The molecule has 4 rings (SSSR count). The molecule has 2 aliphatic rings. The van der Waals surface area contributed by atoms with Crippen LogP contribution in [-0.4, -0.2) is 47.9 Å². The summed E-state index contributed by atoms with van der Waals surface area (Å²) in [6.45, 7) is 16.1. The van der Waals surface area contributed by atoms with E-state index in [1.165, 1.54) is 22.9 Å². The fourth-order valence-electron chi connectivity index (χ4n) is 5.73. The maximum Gasteiger partial charge on any atom is 0.123 e. The predicted molar refractivity (Wildman–Crippen MR) is 143 cm³/mol. The van der Waals surface area contributed by atoms with Crippen LogP contribution < -0.4 is 5.32 Å². The highest BCUT2D eigenvalue weighted by Gasteiger charge is 2.38. The van der Waals surface area contributed by atoms with Crippen LogP contribution in [0.15, 0.2) is 47.5 Å². The maximum absolute atomic E-state index is 13.9. The van der Waals surface area contributed by atoms with E-state index in [4.69, 9.17) is 4.99 Å². The molecule has 0 saturated carbocycles. The van der Waals surface area contributed by atoms with Crippen molar-refractivity contribution in [3.8, 4) is 5.75 Å². The first-order valence-corrected chi connectivity index (χ1v) is 13.2. The lowest BCUT2D eigenvalue weighted by atomic mass is 9.68. The SMILES string of the molecule is CC(=NCC(CN1CCC(C)(c2cccc(F)c2)C(C)C1)C(C)C)C1Cc2ccc(O)cc2CN1. The van der Waals surface area contributed by atoms with Gasteiger partial charge in [0, 0.05) is 37.9 Å². The Hall–Kier alpha value is -2.24. The fraction of sp³-hybridized carbons (Fsp3) is 0.567. The first-order valence-electron chi connectivity index (χ1n) is 13.2. The Morgan fingerprint density at radius 2 is 2.03 bits per heavy atom. The third-order valence-electron chi connectivity index (χ3n) is 8.72. The van der Waals surface area contributed by atoms with E-state index in [9.17, 15) is 9.50 Å². The van der Waals surface area contributed by atoms with Crippen molar-refractivity contribution in [3.05, 3.63) is 65.0 Å². The quantitative estimate of drug-likeness (QED) is 0.510. The van der Waals surface area contributed by atoms with Crippen molar-refractivity contribution in [1.82, 2.24) is 10.2 Å². The maximum atomic E-state index is 13.9. The van der Waals surface area contributed by atoms with E-state index in [0.717, 1.165) is 51.1 Å². The highest BCUT2D eigenvalue weighted by atomic mass is 19.1. The van der Waals surface area contributed by atoms with Gasteiger partial charge in [0.2, 0.25) is 0 Å². The van der Waals surface area contributed by atoms with Crippen LogP contribution >= 0.6 is 0 Å². The van der Waals surface area contributed by atoms with E-state index in [1.54, 1.807) is 12.1 Å². The van der Waals surface area contributed by atoms with Gasteiger partial charge in [-0.25, -0.2) is 4.39 Å². The second kappa shape index (κ2) is 10.8. The summed E-state index contributed by atoms with van der Waals surface area (Å²) in [4.78, 5) is 7.67. The molecule has 2 aromatic rings. The number of hydrogen-bond acceptors (Lipinski definition) is 4. The van der Waals surface area contributed by atoms with Crippen molar-refractivity contribution in [2.24, 2.45) is 22.7 Å². The van der Waals surface area contributed by atoms with Crippen LogP contribution in [0.5, 0.6) is 5.75 Å². The van der Waals surface area contributed by atoms with Crippen LogP contribution in [0.1, 0.15) is 57.7 Å². The predicted octanol–water partition coefficient (Wildman–Crippen LogP) is 5.58. The number of hydrogen-bond donors (Lipinski definition) is 2. The minimum Gasteiger partial charge on any atom is -0.508 e. The van der Waals surface area contributed by atoms with E-state index in [-0.39, 0.29) is 17.3 Å². The summed E-state index contributed by atoms with van der Waals surface area (Å²) < 4.78 is 13.9. The van der Waals surface area contributed by atoms with Crippen LogP contribution in [-0.2, 0) is 18.4 Å². The molecule has 35 heavy (non-hydrogen) atoms. The molecule has 2 aromatic carbocycles. The van der Waals surface area contributed by atoms with Crippen molar-refractivity contribution in [1.29, 1.82) is 0 Å². The Kier molecular flexibility index (Phi) is 7.97. The smallest absolute Gasteiger partial charge is 0.123 e. The number of piperidine rings is 1. The van der Waals surface area contributed by atoms with Crippen LogP contribution in [0.4, 0.5) is 4.39 Å². The molecule has 2 aliphatic heterocycles. The minimum atomic E-state index is -0.138. The molecule has 1 saturated heterocycles. The third-order valence-corrected chi connectivity index (χ3v) is 8.72. The summed E-state index contributed by atoms with van der Waals surface area (Å²) in [5, 5.41) is 13.3. The first kappa shape index (κ1) is 25.8. The van der Waals surface area contributed by atoms with E-state index >= 15 is 0 Å². The van der Waals surface area contributed by atoms with Gasteiger partial charge in [0.25, 0.3) is 0 Å². The lowest BCUT2D eigenvalue weighted by Gasteiger charge is -2.46. The molecule has 0 radical (unpaired) electrons. The number of halogens is 1. The molecular formula is C30H42FN3O. The molecule has 0 aromatic heterocycles. The lowest BCUT2D eigenvalue weighted by molar-refractivity contribution is 0.0900. The number of rotatable bonds is 7. The number of nitrogens with zero attached hydrogens (tertiary/aromatic N) is 2. The van der Waals surface area contributed by atoms with Gasteiger partial charge in [-0.3, -0.25) is 4.99 Å². The summed E-state index contributed by atoms with van der Waals surface area (Å²) in [6, 6.07) is 13.1. The highest BCUT2D eigenvalue weighted by Crippen LogP contribution is 2.39. The van der Waals surface area contributed by atoms with E-state index < -0.39 is 0 Å². The van der Waals surface area contributed by atoms with Crippen molar-refractivity contribution < 1.29 is 9.50 Å². The summed E-state index contributed by atoms with van der Waals surface area (Å²) >= 11 is 0. The van der Waals surface area contributed by atoms with Crippen LogP contribution in [0.25, 0.3) is 0 Å². The van der Waals surface area contributed by atoms with Crippen LogP contribution in [0.3, 0.4) is 0 Å². The Balaban J connectivity index is 1.36. The molecule has 4 nitrogen and oxygen atoms in total. The van der Waals surface area contributed by atoms with Gasteiger partial charge in [-0.2, -0.15) is 0 Å². The number of aromatic hydroxyl groups is 1. The Morgan fingerprint density at radius 3 is 2.74 bits per heavy atom. The van der Waals surface area contributed by atoms with Gasteiger partial charge in [0.05, 0.1) is 0 Å². The molecule has 0 aliphatic carbocycles. The molecule has 0 bridgehead atoms. The zero-order chi connectivity index (χ0) is 25.2. The third kappa shape index (κ3) is 5.95. The molecule has 190 valence electrons. The van der Waals surface area contributed by atoms with E-state index in [2.05, 4.69) is 50.9 Å². The van der Waals surface area contributed by atoms with E-state index in [1.807, 2.05) is 18.2 Å². The summed E-state index contributed by atoms with van der Waals surface area (Å²) in [6.07, 6.45) is 1.96. The number of aliphatic imine (C=N–C) groups is 1. The van der Waals surface area contributed by atoms with Crippen LogP contribution in [0, 0.1) is 23.6 Å². The van der Waals surface area contributed by atoms with Crippen molar-refractivity contribution in [2.75, 3.05) is 26.2 Å². The fourth-order valence-corrected chi connectivity index (χ4v) is 5.73. The molecule has 4 atom stereocenters. The van der Waals surface area contributed by atoms with Crippen molar-refractivity contribution >= 4 is 5.71 Å². The molecule has 1 fully saturated rings. The monoisotopic (exact) mass is 479 g/mol. The first-order chi connectivity index (χ1) is 16.7. The number of phenolic OH excluding ortho intramolecular Hbond substituents is 1. The van der Waals surface area contributed by atoms with Crippen LogP contribution in [0.2, 0.25) is 0 Å². The topological polar surface area (TPSA) is 47.9 Å². The Morgan fingerprint density at radius 1 is 1.23 bits per heavy atom. The summed E-state index contributed by atoms with van der Waals surface area (Å²) in [7, 11) is 0. The van der Waals surface area contributed by atoms with Crippen molar-refractivity contribution in [2.45, 2.75) is 65.5 Å². The van der Waals surface area contributed by atoms with Gasteiger partial charge in [-0.1, -0.05) is 45.9 Å². The number of benzene rings is 2. The molecule has 5 heteroatoms. The molecule has 2 N–H and O–H groups in total. The highest BCUT2D eigenvalue weighted by molar-refractivity contribution is 5.87. The van der Waals surface area contributed by atoms with Crippen molar-refractivity contribution in [3.63, 3.8) is 0 Å². The summed E-state index contributed by atoms with van der Waals surface area (Å²) in [5.41, 5.74) is 4.78. The Labute approximate surface area is 210 Å². The average Bonchev–Trinajstić information content (AvgIpc) is 2.83. The zero-order valence-corrected chi connectivity index (χ0v) is 22.0. The molecule has 4 unspecified atom stereocenters. The van der Waals surface area contributed by atoms with Gasteiger partial charge < -0.3 is 15.3 Å². The van der Waals surface area contributed by atoms with E-state index in [0.29, 0.717) is 23.5 Å². The number of nitrogens with one attached hydrogen (secondary N) is 1. The van der Waals surface area contributed by atoms with Gasteiger partial charge in [0.15, 0.2) is 0 Å². The Bertz CT molecular complexity index is 1050. The molecule has 0 amide bonds. The zero-order valence-electron chi connectivity index (χ0n) is 22.0. The number of fused-ring (bicyclic) bond motifs is 1. The van der Waals surface area contributed by atoms with Gasteiger partial charge in [0.1, 0.15) is 11.6 Å².